The number of nitrogens with zero attached hydrogens (tertiary/aromatic N) is 1. The SMILES string of the molecule is Oc1ccc2c(c1)CCCC(C1CCC(O)CC1)=C2c1ccc(O[C@H]2CCN(CCCF)C2)cc1. The van der Waals surface area contributed by atoms with Crippen LogP contribution in [0, 0.1) is 5.92 Å². The summed E-state index contributed by atoms with van der Waals surface area (Å²) in [6.45, 7) is 2.38. The molecule has 1 saturated carbocycles. The van der Waals surface area contributed by atoms with Crippen LogP contribution in [0.25, 0.3) is 5.57 Å². The molecule has 2 aromatic rings. The summed E-state index contributed by atoms with van der Waals surface area (Å²) >= 11 is 0. The minimum Gasteiger partial charge on any atom is -0.508 e. The first-order chi connectivity index (χ1) is 17.1. The van der Waals surface area contributed by atoms with Crippen LogP contribution in [0.3, 0.4) is 0 Å². The number of phenols is 1. The molecule has 188 valence electrons. The van der Waals surface area contributed by atoms with Crippen LogP contribution in [0.4, 0.5) is 4.39 Å². The van der Waals surface area contributed by atoms with Crippen LogP contribution in [0.5, 0.6) is 11.5 Å². The Morgan fingerprint density at radius 2 is 1.77 bits per heavy atom. The van der Waals surface area contributed by atoms with Gasteiger partial charge < -0.3 is 14.9 Å². The van der Waals surface area contributed by atoms with Crippen molar-refractivity contribution < 1.29 is 19.3 Å². The van der Waals surface area contributed by atoms with Crippen LogP contribution in [0.1, 0.15) is 68.1 Å². The van der Waals surface area contributed by atoms with Crippen molar-refractivity contribution >= 4 is 5.57 Å². The Bertz CT molecular complexity index is 1030. The molecule has 0 amide bonds. The molecule has 3 aliphatic rings. The Morgan fingerprint density at radius 3 is 2.54 bits per heavy atom. The number of aliphatic hydroxyl groups excluding tert-OH is 1. The first-order valence-corrected chi connectivity index (χ1v) is 13.4. The molecule has 5 rings (SSSR count). The molecule has 1 atom stereocenters. The van der Waals surface area contributed by atoms with Gasteiger partial charge in [0.2, 0.25) is 0 Å². The number of fused-ring (bicyclic) bond motifs is 1. The van der Waals surface area contributed by atoms with E-state index in [0.717, 1.165) is 76.8 Å². The zero-order chi connectivity index (χ0) is 24.2. The minimum absolute atomic E-state index is 0.158. The van der Waals surface area contributed by atoms with Gasteiger partial charge in [0.1, 0.15) is 17.6 Å². The van der Waals surface area contributed by atoms with Gasteiger partial charge in [0.05, 0.1) is 12.8 Å². The molecule has 4 nitrogen and oxygen atoms in total. The molecule has 2 fully saturated rings. The van der Waals surface area contributed by atoms with Gasteiger partial charge in [-0.05, 0) is 110 Å². The second kappa shape index (κ2) is 11.1. The highest BCUT2D eigenvalue weighted by Crippen LogP contribution is 2.43. The highest BCUT2D eigenvalue weighted by molar-refractivity contribution is 5.85. The van der Waals surface area contributed by atoms with Crippen molar-refractivity contribution in [3.8, 4) is 11.5 Å². The smallest absolute Gasteiger partial charge is 0.119 e. The number of rotatable bonds is 7. The standard InChI is InChI=1S/C30H38FNO3/c31-16-2-17-32-18-15-27(20-32)35-26-12-7-22(8-13-26)30-28(21-5-9-24(33)10-6-21)4-1-3-23-19-25(34)11-14-29(23)30/h7-8,11-14,19,21,24,27,33-34H,1-6,9-10,15-18,20H2/t21?,24?,27-/m0/s1. The van der Waals surface area contributed by atoms with Crippen LogP contribution in [0.15, 0.2) is 48.0 Å². The van der Waals surface area contributed by atoms with E-state index in [-0.39, 0.29) is 18.9 Å². The summed E-state index contributed by atoms with van der Waals surface area (Å²) in [4.78, 5) is 2.29. The highest BCUT2D eigenvalue weighted by atomic mass is 19.1. The molecule has 0 bridgehead atoms. The van der Waals surface area contributed by atoms with E-state index < -0.39 is 0 Å². The number of halogens is 1. The molecule has 1 aliphatic heterocycles. The van der Waals surface area contributed by atoms with E-state index >= 15 is 0 Å². The van der Waals surface area contributed by atoms with Gasteiger partial charge in [-0.25, -0.2) is 0 Å². The Labute approximate surface area is 208 Å². The summed E-state index contributed by atoms with van der Waals surface area (Å²) < 4.78 is 18.8. The fourth-order valence-corrected chi connectivity index (χ4v) is 6.24. The van der Waals surface area contributed by atoms with Crippen molar-refractivity contribution in [2.24, 2.45) is 5.92 Å². The van der Waals surface area contributed by atoms with E-state index in [2.05, 4.69) is 35.2 Å². The lowest BCUT2D eigenvalue weighted by atomic mass is 9.77. The van der Waals surface area contributed by atoms with Gasteiger partial charge >= 0.3 is 0 Å². The molecule has 0 spiro atoms. The Morgan fingerprint density at radius 1 is 0.971 bits per heavy atom. The van der Waals surface area contributed by atoms with E-state index in [1.807, 2.05) is 6.07 Å². The van der Waals surface area contributed by atoms with Crippen molar-refractivity contribution in [2.45, 2.75) is 70.0 Å². The second-order valence-corrected chi connectivity index (χ2v) is 10.5. The molecule has 2 aromatic carbocycles. The monoisotopic (exact) mass is 479 g/mol. The molecule has 0 radical (unpaired) electrons. The Hall–Kier alpha value is -2.37. The molecule has 2 N–H and O–H groups in total. The Kier molecular flexibility index (Phi) is 7.74. The van der Waals surface area contributed by atoms with Crippen molar-refractivity contribution in [1.29, 1.82) is 0 Å². The number of aliphatic hydroxyl groups is 1. The van der Waals surface area contributed by atoms with E-state index in [0.29, 0.717) is 18.1 Å². The molecular weight excluding hydrogens is 441 g/mol. The van der Waals surface area contributed by atoms with Crippen molar-refractivity contribution in [2.75, 3.05) is 26.3 Å². The molecule has 0 unspecified atom stereocenters. The van der Waals surface area contributed by atoms with Crippen molar-refractivity contribution in [3.05, 3.63) is 64.7 Å². The fraction of sp³-hybridized carbons (Fsp3) is 0.533. The first kappa shape index (κ1) is 24.3. The average molecular weight is 480 g/mol. The molecule has 2 aliphatic carbocycles. The second-order valence-electron chi connectivity index (χ2n) is 10.5. The fourth-order valence-electron chi connectivity index (χ4n) is 6.24. The van der Waals surface area contributed by atoms with Crippen molar-refractivity contribution in [1.82, 2.24) is 4.90 Å². The lowest BCUT2D eigenvalue weighted by Gasteiger charge is -2.29. The topological polar surface area (TPSA) is 52.9 Å². The van der Waals surface area contributed by atoms with Gasteiger partial charge in [-0.3, -0.25) is 9.29 Å². The van der Waals surface area contributed by atoms with Gasteiger partial charge in [0.15, 0.2) is 0 Å². The van der Waals surface area contributed by atoms with E-state index in [1.165, 1.54) is 27.8 Å². The number of hydrogen-bond acceptors (Lipinski definition) is 4. The Balaban J connectivity index is 1.41. The third kappa shape index (κ3) is 5.73. The zero-order valence-electron chi connectivity index (χ0n) is 20.6. The summed E-state index contributed by atoms with van der Waals surface area (Å²) in [5, 5.41) is 20.2. The van der Waals surface area contributed by atoms with E-state index in [1.54, 1.807) is 6.07 Å². The minimum atomic E-state index is -0.258. The maximum absolute atomic E-state index is 12.5. The molecular formula is C30H38FNO3. The predicted octanol–water partition coefficient (Wildman–Crippen LogP) is 5.89. The van der Waals surface area contributed by atoms with Crippen LogP contribution < -0.4 is 4.74 Å². The zero-order valence-corrected chi connectivity index (χ0v) is 20.6. The predicted molar refractivity (Wildman–Crippen MR) is 138 cm³/mol. The normalized spacial score (nSPS) is 25.4. The molecule has 1 saturated heterocycles. The third-order valence-electron chi connectivity index (χ3n) is 8.04. The summed E-state index contributed by atoms with van der Waals surface area (Å²) in [6, 6.07) is 14.3. The summed E-state index contributed by atoms with van der Waals surface area (Å²) in [6.07, 6.45) is 8.50. The lowest BCUT2D eigenvalue weighted by molar-refractivity contribution is 0.115. The van der Waals surface area contributed by atoms with Crippen LogP contribution in [-0.4, -0.2) is 53.6 Å². The van der Waals surface area contributed by atoms with Gasteiger partial charge in [-0.15, -0.1) is 0 Å². The maximum Gasteiger partial charge on any atom is 0.119 e. The number of allylic oxidation sites excluding steroid dienone is 1. The average Bonchev–Trinajstić information content (AvgIpc) is 3.22. The summed E-state index contributed by atoms with van der Waals surface area (Å²) in [5.41, 5.74) is 6.46. The number of benzene rings is 2. The number of ether oxygens (including phenoxy) is 1. The van der Waals surface area contributed by atoms with Crippen LogP contribution >= 0.6 is 0 Å². The van der Waals surface area contributed by atoms with Crippen molar-refractivity contribution in [3.63, 3.8) is 0 Å². The summed E-state index contributed by atoms with van der Waals surface area (Å²) in [7, 11) is 0. The van der Waals surface area contributed by atoms with Gasteiger partial charge in [-0.2, -0.15) is 0 Å². The number of hydrogen-bond donors (Lipinski definition) is 2. The number of aryl methyl sites for hydroxylation is 1. The van der Waals surface area contributed by atoms with Crippen LogP contribution in [0.2, 0.25) is 0 Å². The lowest BCUT2D eigenvalue weighted by Crippen LogP contribution is -2.26. The number of alkyl halides is 1. The van der Waals surface area contributed by atoms with Gasteiger partial charge in [0.25, 0.3) is 0 Å². The summed E-state index contributed by atoms with van der Waals surface area (Å²) in [5.74, 6) is 1.71. The number of phenolic OH excluding ortho intramolecular Hbond substituents is 1. The largest absolute Gasteiger partial charge is 0.508 e. The number of aromatic hydroxyl groups is 1. The molecule has 35 heavy (non-hydrogen) atoms. The van der Waals surface area contributed by atoms with E-state index in [4.69, 9.17) is 4.74 Å². The molecule has 1 heterocycles. The molecule has 0 aromatic heterocycles. The van der Waals surface area contributed by atoms with Gasteiger partial charge in [0, 0.05) is 19.6 Å². The maximum atomic E-state index is 12.5. The third-order valence-corrected chi connectivity index (χ3v) is 8.04. The number of likely N-dealkylation sites (tertiary alicyclic amines) is 1. The van der Waals surface area contributed by atoms with Crippen LogP contribution in [-0.2, 0) is 6.42 Å². The first-order valence-electron chi connectivity index (χ1n) is 13.4. The highest BCUT2D eigenvalue weighted by Gasteiger charge is 2.28. The molecule has 5 heteroatoms. The van der Waals surface area contributed by atoms with Gasteiger partial charge in [-0.1, -0.05) is 23.8 Å². The quantitative estimate of drug-likeness (QED) is 0.520. The van der Waals surface area contributed by atoms with E-state index in [9.17, 15) is 14.6 Å².